The van der Waals surface area contributed by atoms with Crippen LogP contribution in [-0.2, 0) is 4.79 Å². The minimum absolute atomic E-state index is 0.0709. The van der Waals surface area contributed by atoms with E-state index in [-0.39, 0.29) is 17.4 Å². The van der Waals surface area contributed by atoms with Crippen LogP contribution in [0.3, 0.4) is 0 Å². The number of hydrogen-bond donors (Lipinski definition) is 0. The molecule has 3 heterocycles. The summed E-state index contributed by atoms with van der Waals surface area (Å²) < 4.78 is 2.14. The molecule has 0 saturated carbocycles. The molecule has 0 bridgehead atoms. The first-order valence-electron chi connectivity index (χ1n) is 10.9. The number of thiophene rings is 1. The highest BCUT2D eigenvalue weighted by molar-refractivity contribution is 7.15. The van der Waals surface area contributed by atoms with Crippen molar-refractivity contribution in [1.82, 2.24) is 14.8 Å². The van der Waals surface area contributed by atoms with Crippen LogP contribution < -0.4 is 0 Å². The van der Waals surface area contributed by atoms with E-state index in [2.05, 4.69) is 54.3 Å². The van der Waals surface area contributed by atoms with Crippen LogP contribution in [0.15, 0.2) is 59.7 Å². The maximum atomic E-state index is 11.5. The number of hydrogen-bond acceptors (Lipinski definition) is 5. The smallest absolute Gasteiger partial charge is 0.163 e. The number of aromatic nitrogens is 3. The van der Waals surface area contributed by atoms with E-state index in [1.807, 2.05) is 45.1 Å². The van der Waals surface area contributed by atoms with E-state index in [0.29, 0.717) is 6.42 Å². The fourth-order valence-corrected chi connectivity index (χ4v) is 5.32. The van der Waals surface area contributed by atoms with Crippen molar-refractivity contribution in [2.24, 2.45) is 16.3 Å². The highest BCUT2D eigenvalue weighted by Crippen LogP contribution is 2.45. The van der Waals surface area contributed by atoms with E-state index in [1.165, 1.54) is 4.88 Å². The average Bonchev–Trinajstić information content (AvgIpc) is 3.26. The first kappa shape index (κ1) is 23.8. The Morgan fingerprint density at radius 3 is 2.72 bits per heavy atom. The summed E-state index contributed by atoms with van der Waals surface area (Å²) in [5.41, 5.74) is 2.65. The van der Waals surface area contributed by atoms with Crippen LogP contribution in [0.25, 0.3) is 5.00 Å². The highest BCUT2D eigenvalue weighted by Gasteiger charge is 2.39. The van der Waals surface area contributed by atoms with Gasteiger partial charge in [0.1, 0.15) is 23.2 Å². The summed E-state index contributed by atoms with van der Waals surface area (Å²) in [4.78, 5) is 18.0. The Morgan fingerprint density at radius 1 is 1.31 bits per heavy atom. The van der Waals surface area contributed by atoms with Gasteiger partial charge < -0.3 is 4.79 Å². The number of aryl methyl sites for hydroxylation is 2. The van der Waals surface area contributed by atoms with Crippen LogP contribution in [-0.4, -0.2) is 26.8 Å². The lowest BCUT2D eigenvalue weighted by Crippen LogP contribution is -2.26. The van der Waals surface area contributed by atoms with E-state index in [0.717, 1.165) is 39.8 Å². The number of carbonyl (C=O) groups is 1. The normalized spacial score (nSPS) is 17.8. The standard InChI is InChI=1S/C26H32N4OS/c1-8-10-11-13-20(12-9-2)22-21-14-18(4)32-25(21)30-19(5)28-29-24(30)23(27-22)26(6,7)15-17(3)16-31/h8-14,16-17,23H,2,15H2,1,3-7H3/b10-8-,13-11-,20-12+. The molecule has 0 spiro atoms. The monoisotopic (exact) mass is 448 g/mol. The summed E-state index contributed by atoms with van der Waals surface area (Å²) in [7, 11) is 0. The van der Waals surface area contributed by atoms with Gasteiger partial charge in [0.25, 0.3) is 0 Å². The molecule has 2 aromatic rings. The van der Waals surface area contributed by atoms with Gasteiger partial charge in [-0.15, -0.1) is 21.5 Å². The maximum Gasteiger partial charge on any atom is 0.163 e. The third kappa shape index (κ3) is 4.65. The number of nitrogens with zero attached hydrogens (tertiary/aromatic N) is 4. The number of carbonyl (C=O) groups excluding carboxylic acids is 1. The molecule has 6 heteroatoms. The molecular weight excluding hydrogens is 416 g/mol. The molecule has 0 saturated heterocycles. The Bertz CT molecular complexity index is 1130. The lowest BCUT2D eigenvalue weighted by molar-refractivity contribution is -0.111. The van der Waals surface area contributed by atoms with Crippen molar-refractivity contribution in [2.45, 2.75) is 54.0 Å². The summed E-state index contributed by atoms with van der Waals surface area (Å²) in [5, 5.41) is 10.1. The SMILES string of the molecule is C=C\C=C(/C=C\C=C/C)C1=NC(C(C)(C)CC(C)C=O)c2nnc(C)n2-c2sc(C)cc21. The van der Waals surface area contributed by atoms with Crippen molar-refractivity contribution in [3.05, 3.63) is 76.8 Å². The molecule has 2 atom stereocenters. The van der Waals surface area contributed by atoms with Crippen molar-refractivity contribution in [3.63, 3.8) is 0 Å². The zero-order valence-electron chi connectivity index (χ0n) is 19.8. The molecule has 3 rings (SSSR count). The van der Waals surface area contributed by atoms with Gasteiger partial charge in [0, 0.05) is 21.9 Å². The van der Waals surface area contributed by atoms with E-state index >= 15 is 0 Å². The third-order valence-electron chi connectivity index (χ3n) is 5.62. The van der Waals surface area contributed by atoms with Crippen LogP contribution in [0.2, 0.25) is 0 Å². The van der Waals surface area contributed by atoms with Crippen LogP contribution in [0.4, 0.5) is 0 Å². The second-order valence-electron chi connectivity index (χ2n) is 8.95. The molecule has 32 heavy (non-hydrogen) atoms. The molecule has 168 valence electrons. The van der Waals surface area contributed by atoms with E-state index in [9.17, 15) is 4.79 Å². The van der Waals surface area contributed by atoms with Crippen LogP contribution >= 0.6 is 11.3 Å². The summed E-state index contributed by atoms with van der Waals surface area (Å²) in [6.07, 6.45) is 13.6. The highest BCUT2D eigenvalue weighted by atomic mass is 32.1. The molecule has 5 nitrogen and oxygen atoms in total. The number of allylic oxidation sites excluding steroid dienone is 7. The minimum atomic E-state index is -0.307. The van der Waals surface area contributed by atoms with Gasteiger partial charge in [0.15, 0.2) is 5.82 Å². The quantitative estimate of drug-likeness (QED) is 0.352. The van der Waals surface area contributed by atoms with Gasteiger partial charge in [-0.1, -0.05) is 63.8 Å². The summed E-state index contributed by atoms with van der Waals surface area (Å²) >= 11 is 1.72. The number of rotatable bonds is 8. The zero-order chi connectivity index (χ0) is 23.5. The molecule has 2 aromatic heterocycles. The minimum Gasteiger partial charge on any atom is -0.303 e. The summed E-state index contributed by atoms with van der Waals surface area (Å²) in [6.45, 7) is 16.3. The Hall–Kier alpha value is -2.86. The largest absolute Gasteiger partial charge is 0.303 e. The van der Waals surface area contributed by atoms with E-state index in [4.69, 9.17) is 4.99 Å². The Kier molecular flexibility index (Phi) is 7.24. The molecule has 0 aromatic carbocycles. The number of aldehydes is 1. The van der Waals surface area contributed by atoms with Gasteiger partial charge in [-0.25, -0.2) is 0 Å². The first-order chi connectivity index (χ1) is 15.2. The number of fused-ring (bicyclic) bond motifs is 3. The lowest BCUT2D eigenvalue weighted by atomic mass is 9.77. The first-order valence-corrected chi connectivity index (χ1v) is 11.7. The van der Waals surface area contributed by atoms with Crippen LogP contribution in [0.1, 0.15) is 62.2 Å². The van der Waals surface area contributed by atoms with E-state index in [1.54, 1.807) is 17.4 Å². The second kappa shape index (κ2) is 9.74. The summed E-state index contributed by atoms with van der Waals surface area (Å²) in [5.74, 6) is 1.58. The van der Waals surface area contributed by atoms with Gasteiger partial charge in [-0.05, 0) is 38.7 Å². The molecular formula is C26H32N4OS. The molecule has 1 aliphatic rings. The number of aliphatic imine (C=N–C) groups is 1. The average molecular weight is 449 g/mol. The summed E-state index contributed by atoms with van der Waals surface area (Å²) in [6, 6.07) is 1.93. The van der Waals surface area contributed by atoms with Crippen molar-refractivity contribution < 1.29 is 4.79 Å². The molecule has 2 unspecified atom stereocenters. The van der Waals surface area contributed by atoms with Crippen molar-refractivity contribution in [3.8, 4) is 5.00 Å². The van der Waals surface area contributed by atoms with Crippen LogP contribution in [0, 0.1) is 25.2 Å². The molecule has 1 aliphatic heterocycles. The fraction of sp³-hybridized carbons (Fsp3) is 0.385. The molecule has 0 N–H and O–H groups in total. The van der Waals surface area contributed by atoms with Gasteiger partial charge in [0.05, 0.1) is 5.71 Å². The molecule has 0 amide bonds. The van der Waals surface area contributed by atoms with Gasteiger partial charge in [-0.3, -0.25) is 9.56 Å². The fourth-order valence-electron chi connectivity index (χ4n) is 4.26. The molecule has 0 radical (unpaired) electrons. The third-order valence-corrected chi connectivity index (χ3v) is 6.65. The Balaban J connectivity index is 2.31. The van der Waals surface area contributed by atoms with Crippen molar-refractivity contribution in [2.75, 3.05) is 0 Å². The van der Waals surface area contributed by atoms with Gasteiger partial charge in [-0.2, -0.15) is 0 Å². The predicted octanol–water partition coefficient (Wildman–Crippen LogP) is 6.29. The van der Waals surface area contributed by atoms with Crippen LogP contribution in [0.5, 0.6) is 0 Å². The maximum absolute atomic E-state index is 11.5. The van der Waals surface area contributed by atoms with Gasteiger partial charge >= 0.3 is 0 Å². The lowest BCUT2D eigenvalue weighted by Gasteiger charge is -2.32. The Morgan fingerprint density at radius 2 is 2.06 bits per heavy atom. The molecule has 0 aliphatic carbocycles. The Labute approximate surface area is 195 Å². The van der Waals surface area contributed by atoms with Crippen molar-refractivity contribution >= 4 is 23.3 Å². The van der Waals surface area contributed by atoms with E-state index < -0.39 is 0 Å². The second-order valence-corrected chi connectivity index (χ2v) is 10.2. The zero-order valence-corrected chi connectivity index (χ0v) is 20.6. The topological polar surface area (TPSA) is 60.1 Å². The van der Waals surface area contributed by atoms with Gasteiger partial charge in [0.2, 0.25) is 0 Å². The van der Waals surface area contributed by atoms with Crippen molar-refractivity contribution in [1.29, 1.82) is 0 Å². The predicted molar refractivity (Wildman–Crippen MR) is 134 cm³/mol. The molecule has 0 fully saturated rings.